The van der Waals surface area contributed by atoms with Gasteiger partial charge in [0.2, 0.25) is 6.79 Å². The molecule has 0 fully saturated rings. The minimum atomic E-state index is -0.893. The molecule has 3 aromatic carbocycles. The second-order valence-electron chi connectivity index (χ2n) is 7.67. The van der Waals surface area contributed by atoms with Crippen molar-refractivity contribution >= 4 is 21.9 Å². The van der Waals surface area contributed by atoms with Crippen LogP contribution in [0, 0.1) is 0 Å². The van der Waals surface area contributed by atoms with Crippen LogP contribution < -0.4 is 18.9 Å². The zero-order chi connectivity index (χ0) is 21.6. The van der Waals surface area contributed by atoms with Crippen LogP contribution in [0.4, 0.5) is 0 Å². The first-order valence-corrected chi connectivity index (χ1v) is 10.9. The smallest absolute Gasteiger partial charge is 0.322 e. The van der Waals surface area contributed by atoms with E-state index in [1.165, 1.54) is 0 Å². The third kappa shape index (κ3) is 3.08. The first kappa shape index (κ1) is 19.9. The third-order valence-electron chi connectivity index (χ3n) is 6.24. The molecule has 0 aromatic heterocycles. The Kier molecular flexibility index (Phi) is 4.89. The van der Waals surface area contributed by atoms with Gasteiger partial charge in [0.05, 0.1) is 7.11 Å². The SMILES string of the molecule is CC[C@@]1(c2ccc(Br)cc2)C(=O)Oc2cc3c(cc2[C@@H]1c1ccc(OC)cc1)OCO3. The van der Waals surface area contributed by atoms with E-state index in [2.05, 4.69) is 15.9 Å². The van der Waals surface area contributed by atoms with Gasteiger partial charge in [-0.25, -0.2) is 0 Å². The predicted molar refractivity (Wildman–Crippen MR) is 119 cm³/mol. The summed E-state index contributed by atoms with van der Waals surface area (Å²) in [6.45, 7) is 2.18. The van der Waals surface area contributed by atoms with Crippen LogP contribution in [-0.2, 0) is 10.2 Å². The molecular weight excluding hydrogens is 460 g/mol. The summed E-state index contributed by atoms with van der Waals surface area (Å²) in [5, 5.41) is 0. The molecule has 5 nitrogen and oxygen atoms in total. The highest BCUT2D eigenvalue weighted by atomic mass is 79.9. The van der Waals surface area contributed by atoms with Crippen molar-refractivity contribution in [2.24, 2.45) is 0 Å². The van der Waals surface area contributed by atoms with E-state index in [0.29, 0.717) is 23.7 Å². The average Bonchev–Trinajstić information content (AvgIpc) is 3.25. The van der Waals surface area contributed by atoms with E-state index >= 15 is 0 Å². The zero-order valence-electron chi connectivity index (χ0n) is 17.2. The Morgan fingerprint density at radius 1 is 1.00 bits per heavy atom. The van der Waals surface area contributed by atoms with Gasteiger partial charge < -0.3 is 18.9 Å². The number of methoxy groups -OCH3 is 1. The fraction of sp³-hybridized carbons (Fsp3) is 0.240. The average molecular weight is 481 g/mol. The molecule has 2 atom stereocenters. The van der Waals surface area contributed by atoms with E-state index in [1.54, 1.807) is 13.2 Å². The van der Waals surface area contributed by atoms with Crippen molar-refractivity contribution in [1.82, 2.24) is 0 Å². The molecule has 158 valence electrons. The van der Waals surface area contributed by atoms with Crippen molar-refractivity contribution in [3.05, 3.63) is 81.8 Å². The molecule has 0 N–H and O–H groups in total. The molecule has 2 heterocycles. The summed E-state index contributed by atoms with van der Waals surface area (Å²) in [6.07, 6.45) is 0.568. The Labute approximate surface area is 189 Å². The van der Waals surface area contributed by atoms with Crippen molar-refractivity contribution in [2.75, 3.05) is 13.9 Å². The van der Waals surface area contributed by atoms with Crippen LogP contribution in [0.1, 0.15) is 36.0 Å². The summed E-state index contributed by atoms with van der Waals surface area (Å²) in [7, 11) is 1.64. The highest BCUT2D eigenvalue weighted by Gasteiger charge is 2.53. The quantitative estimate of drug-likeness (QED) is 0.360. The highest BCUT2D eigenvalue weighted by molar-refractivity contribution is 9.10. The Bertz CT molecular complexity index is 1140. The summed E-state index contributed by atoms with van der Waals surface area (Å²) in [5.74, 6) is 1.98. The van der Waals surface area contributed by atoms with Gasteiger partial charge in [0.25, 0.3) is 0 Å². The maximum atomic E-state index is 13.7. The summed E-state index contributed by atoms with van der Waals surface area (Å²) >= 11 is 3.50. The van der Waals surface area contributed by atoms with E-state index in [-0.39, 0.29) is 18.7 Å². The second kappa shape index (κ2) is 7.61. The molecule has 5 rings (SSSR count). The predicted octanol–water partition coefficient (Wildman–Crippen LogP) is 5.59. The summed E-state index contributed by atoms with van der Waals surface area (Å²) < 4.78 is 23.4. The van der Waals surface area contributed by atoms with Crippen LogP contribution in [0.3, 0.4) is 0 Å². The van der Waals surface area contributed by atoms with Gasteiger partial charge in [-0.2, -0.15) is 0 Å². The minimum absolute atomic E-state index is 0.158. The second-order valence-corrected chi connectivity index (χ2v) is 8.59. The normalized spacial score (nSPS) is 21.4. The first-order valence-electron chi connectivity index (χ1n) is 10.1. The van der Waals surface area contributed by atoms with E-state index in [9.17, 15) is 4.79 Å². The van der Waals surface area contributed by atoms with Crippen molar-refractivity contribution in [2.45, 2.75) is 24.7 Å². The fourth-order valence-corrected chi connectivity index (χ4v) is 4.94. The number of fused-ring (bicyclic) bond motifs is 2. The van der Waals surface area contributed by atoms with Gasteiger partial charge in [0.15, 0.2) is 11.5 Å². The number of carbonyl (C=O) groups is 1. The van der Waals surface area contributed by atoms with Gasteiger partial charge >= 0.3 is 5.97 Å². The van der Waals surface area contributed by atoms with Crippen molar-refractivity contribution in [1.29, 1.82) is 0 Å². The standard InChI is InChI=1S/C25H21BrO5/c1-3-25(16-6-8-17(26)9-7-16)23(15-4-10-18(28-2)11-5-15)19-12-21-22(30-14-29-21)13-20(19)31-24(25)27/h4-13,23H,3,14H2,1-2H3/t23-,25-/m0/s1. The van der Waals surface area contributed by atoms with Gasteiger partial charge in [-0.1, -0.05) is 47.1 Å². The molecule has 3 aromatic rings. The molecule has 6 heteroatoms. The lowest BCUT2D eigenvalue weighted by Crippen LogP contribution is -2.47. The molecule has 0 amide bonds. The third-order valence-corrected chi connectivity index (χ3v) is 6.77. The number of carbonyl (C=O) groups excluding carboxylic acids is 1. The lowest BCUT2D eigenvalue weighted by molar-refractivity contribution is -0.143. The molecule has 0 bridgehead atoms. The molecular formula is C25H21BrO5. The molecule has 0 aliphatic carbocycles. The largest absolute Gasteiger partial charge is 0.497 e. The van der Waals surface area contributed by atoms with Crippen LogP contribution in [0.5, 0.6) is 23.0 Å². The van der Waals surface area contributed by atoms with Gasteiger partial charge in [0, 0.05) is 22.0 Å². The number of rotatable bonds is 4. The summed E-state index contributed by atoms with van der Waals surface area (Å²) in [4.78, 5) is 13.7. The fourth-order valence-electron chi connectivity index (χ4n) is 4.67. The molecule has 2 aliphatic rings. The molecule has 0 unspecified atom stereocenters. The Balaban J connectivity index is 1.77. The van der Waals surface area contributed by atoms with E-state index in [0.717, 1.165) is 26.9 Å². The summed E-state index contributed by atoms with van der Waals surface area (Å²) in [5.41, 5.74) is 1.92. The monoisotopic (exact) mass is 480 g/mol. The molecule has 0 saturated heterocycles. The molecule has 31 heavy (non-hydrogen) atoms. The van der Waals surface area contributed by atoms with Crippen LogP contribution in [-0.4, -0.2) is 19.9 Å². The van der Waals surface area contributed by atoms with E-state index in [4.69, 9.17) is 18.9 Å². The molecule has 0 spiro atoms. The number of esters is 1. The topological polar surface area (TPSA) is 54.0 Å². The van der Waals surface area contributed by atoms with Crippen LogP contribution in [0.25, 0.3) is 0 Å². The van der Waals surface area contributed by atoms with Crippen LogP contribution in [0.15, 0.2) is 65.1 Å². The van der Waals surface area contributed by atoms with E-state index in [1.807, 2.05) is 61.5 Å². The molecule has 0 saturated carbocycles. The zero-order valence-corrected chi connectivity index (χ0v) is 18.8. The highest BCUT2D eigenvalue weighted by Crippen LogP contribution is 2.55. The van der Waals surface area contributed by atoms with Crippen molar-refractivity contribution in [3.8, 4) is 23.0 Å². The Morgan fingerprint density at radius 2 is 1.68 bits per heavy atom. The lowest BCUT2D eigenvalue weighted by Gasteiger charge is -2.43. The molecule has 0 radical (unpaired) electrons. The van der Waals surface area contributed by atoms with E-state index < -0.39 is 5.41 Å². The van der Waals surface area contributed by atoms with Gasteiger partial charge in [-0.3, -0.25) is 4.79 Å². The Morgan fingerprint density at radius 3 is 2.32 bits per heavy atom. The molecule has 2 aliphatic heterocycles. The Hall–Kier alpha value is -2.99. The van der Waals surface area contributed by atoms with Gasteiger partial charge in [-0.15, -0.1) is 0 Å². The maximum Gasteiger partial charge on any atom is 0.322 e. The number of benzene rings is 3. The number of halogens is 1. The van der Waals surface area contributed by atoms with Gasteiger partial charge in [-0.05, 0) is 47.9 Å². The maximum absolute atomic E-state index is 13.7. The lowest BCUT2D eigenvalue weighted by atomic mass is 9.62. The van der Waals surface area contributed by atoms with Crippen LogP contribution in [0.2, 0.25) is 0 Å². The minimum Gasteiger partial charge on any atom is -0.497 e. The first-order chi connectivity index (χ1) is 15.1. The van der Waals surface area contributed by atoms with Crippen LogP contribution >= 0.6 is 15.9 Å². The summed E-state index contributed by atoms with van der Waals surface area (Å²) in [6, 6.07) is 19.5. The van der Waals surface area contributed by atoms with Crippen molar-refractivity contribution < 1.29 is 23.7 Å². The number of hydrogen-bond donors (Lipinski definition) is 0. The number of hydrogen-bond acceptors (Lipinski definition) is 5. The number of ether oxygens (including phenoxy) is 4. The van der Waals surface area contributed by atoms with Gasteiger partial charge in [0.1, 0.15) is 16.9 Å². The van der Waals surface area contributed by atoms with Crippen molar-refractivity contribution in [3.63, 3.8) is 0 Å².